The van der Waals surface area contributed by atoms with Crippen molar-refractivity contribution in [1.29, 1.82) is 0 Å². The SMILES string of the molecule is CC(CCCO)NCc1cn(-c2ccccc2)nc1C(C)C. The number of aliphatic hydroxyl groups is 1. The number of aliphatic hydroxyl groups excluding tert-OH is 1. The minimum atomic E-state index is 0.259. The van der Waals surface area contributed by atoms with E-state index < -0.39 is 0 Å². The fourth-order valence-electron chi connectivity index (χ4n) is 2.54. The van der Waals surface area contributed by atoms with Gasteiger partial charge in [0.15, 0.2) is 0 Å². The molecule has 0 aliphatic carbocycles. The van der Waals surface area contributed by atoms with Crippen molar-refractivity contribution < 1.29 is 5.11 Å². The molecule has 0 fully saturated rings. The zero-order chi connectivity index (χ0) is 15.9. The Morgan fingerprint density at radius 2 is 1.91 bits per heavy atom. The molecular weight excluding hydrogens is 274 g/mol. The van der Waals surface area contributed by atoms with Crippen LogP contribution >= 0.6 is 0 Å². The smallest absolute Gasteiger partial charge is 0.0699 e. The number of hydrogen-bond donors (Lipinski definition) is 2. The summed E-state index contributed by atoms with van der Waals surface area (Å²) in [6, 6.07) is 10.6. The van der Waals surface area contributed by atoms with Gasteiger partial charge in [0.25, 0.3) is 0 Å². The molecule has 2 N–H and O–H groups in total. The number of hydrogen-bond acceptors (Lipinski definition) is 3. The molecular formula is C18H27N3O. The molecule has 1 atom stereocenters. The Morgan fingerprint density at radius 3 is 2.55 bits per heavy atom. The number of nitrogens with zero attached hydrogens (tertiary/aromatic N) is 2. The lowest BCUT2D eigenvalue weighted by Crippen LogP contribution is -2.26. The molecule has 0 saturated heterocycles. The quantitative estimate of drug-likeness (QED) is 0.787. The van der Waals surface area contributed by atoms with Crippen LogP contribution in [0.15, 0.2) is 36.5 Å². The van der Waals surface area contributed by atoms with Crippen LogP contribution in [0.2, 0.25) is 0 Å². The monoisotopic (exact) mass is 301 g/mol. The van der Waals surface area contributed by atoms with E-state index in [1.807, 2.05) is 22.9 Å². The van der Waals surface area contributed by atoms with E-state index in [1.54, 1.807) is 0 Å². The van der Waals surface area contributed by atoms with E-state index in [9.17, 15) is 0 Å². The van der Waals surface area contributed by atoms with Crippen molar-refractivity contribution in [3.63, 3.8) is 0 Å². The summed E-state index contributed by atoms with van der Waals surface area (Å²) in [5, 5.41) is 17.2. The van der Waals surface area contributed by atoms with Crippen LogP contribution in [0.5, 0.6) is 0 Å². The largest absolute Gasteiger partial charge is 0.396 e. The molecule has 0 saturated carbocycles. The van der Waals surface area contributed by atoms with E-state index in [0.717, 1.165) is 30.8 Å². The van der Waals surface area contributed by atoms with Crippen molar-refractivity contribution in [1.82, 2.24) is 15.1 Å². The number of para-hydroxylation sites is 1. The first-order valence-corrected chi connectivity index (χ1v) is 8.10. The molecule has 2 aromatic rings. The number of rotatable bonds is 8. The van der Waals surface area contributed by atoms with Gasteiger partial charge < -0.3 is 10.4 Å². The summed E-state index contributed by atoms with van der Waals surface area (Å²) in [6.07, 6.45) is 3.95. The van der Waals surface area contributed by atoms with Crippen molar-refractivity contribution in [3.05, 3.63) is 47.8 Å². The first-order chi connectivity index (χ1) is 10.6. The Morgan fingerprint density at radius 1 is 1.18 bits per heavy atom. The molecule has 0 bridgehead atoms. The van der Waals surface area contributed by atoms with Crippen LogP contribution < -0.4 is 5.32 Å². The first kappa shape index (κ1) is 16.7. The van der Waals surface area contributed by atoms with Gasteiger partial charge in [0.05, 0.1) is 11.4 Å². The summed E-state index contributed by atoms with van der Waals surface area (Å²) >= 11 is 0. The highest BCUT2D eigenvalue weighted by molar-refractivity contribution is 5.33. The van der Waals surface area contributed by atoms with Crippen molar-refractivity contribution >= 4 is 0 Å². The topological polar surface area (TPSA) is 50.1 Å². The van der Waals surface area contributed by atoms with Gasteiger partial charge in [-0.05, 0) is 37.8 Å². The summed E-state index contributed by atoms with van der Waals surface area (Å²) in [5.74, 6) is 0.398. The van der Waals surface area contributed by atoms with Gasteiger partial charge in [-0.25, -0.2) is 4.68 Å². The van der Waals surface area contributed by atoms with Crippen LogP contribution in [-0.4, -0.2) is 27.5 Å². The van der Waals surface area contributed by atoms with E-state index >= 15 is 0 Å². The molecule has 120 valence electrons. The number of nitrogens with one attached hydrogen (secondary N) is 1. The second-order valence-corrected chi connectivity index (χ2v) is 6.12. The Kier molecular flexibility index (Phi) is 6.16. The molecule has 0 aliphatic rings. The maximum atomic E-state index is 8.91. The average molecular weight is 301 g/mol. The summed E-state index contributed by atoms with van der Waals surface area (Å²) < 4.78 is 1.96. The first-order valence-electron chi connectivity index (χ1n) is 8.10. The lowest BCUT2D eigenvalue weighted by molar-refractivity contribution is 0.276. The Hall–Kier alpha value is -1.65. The van der Waals surface area contributed by atoms with Gasteiger partial charge in [-0.2, -0.15) is 5.10 Å². The molecule has 4 heteroatoms. The Balaban J connectivity index is 2.11. The third kappa shape index (κ3) is 4.42. The Bertz CT molecular complexity index is 563. The van der Waals surface area contributed by atoms with Crippen molar-refractivity contribution in [3.8, 4) is 5.69 Å². The highest BCUT2D eigenvalue weighted by Gasteiger charge is 2.14. The third-order valence-corrected chi connectivity index (χ3v) is 3.83. The lowest BCUT2D eigenvalue weighted by atomic mass is 10.1. The maximum Gasteiger partial charge on any atom is 0.0699 e. The third-order valence-electron chi connectivity index (χ3n) is 3.83. The molecule has 4 nitrogen and oxygen atoms in total. The highest BCUT2D eigenvalue weighted by atomic mass is 16.2. The lowest BCUT2D eigenvalue weighted by Gasteiger charge is -2.13. The predicted molar refractivity (Wildman–Crippen MR) is 90.3 cm³/mol. The maximum absolute atomic E-state index is 8.91. The normalized spacial score (nSPS) is 12.8. The van der Waals surface area contributed by atoms with Crippen LogP contribution in [-0.2, 0) is 6.54 Å². The Labute approximate surface area is 133 Å². The van der Waals surface area contributed by atoms with Crippen LogP contribution in [0.25, 0.3) is 5.69 Å². The number of aromatic nitrogens is 2. The minimum absolute atomic E-state index is 0.259. The van der Waals surface area contributed by atoms with E-state index in [0.29, 0.717) is 12.0 Å². The second-order valence-electron chi connectivity index (χ2n) is 6.12. The molecule has 0 radical (unpaired) electrons. The number of benzene rings is 1. The van der Waals surface area contributed by atoms with Gasteiger partial charge in [0, 0.05) is 31.0 Å². The molecule has 1 aromatic heterocycles. The molecule has 0 spiro atoms. The van der Waals surface area contributed by atoms with Gasteiger partial charge in [0.1, 0.15) is 0 Å². The molecule has 1 unspecified atom stereocenters. The van der Waals surface area contributed by atoms with Crippen LogP contribution in [0.3, 0.4) is 0 Å². The summed E-state index contributed by atoms with van der Waals surface area (Å²) in [7, 11) is 0. The van der Waals surface area contributed by atoms with Crippen LogP contribution in [0, 0.1) is 0 Å². The van der Waals surface area contributed by atoms with Crippen molar-refractivity contribution in [2.45, 2.75) is 52.1 Å². The van der Waals surface area contributed by atoms with Gasteiger partial charge in [-0.1, -0.05) is 32.0 Å². The average Bonchev–Trinajstić information content (AvgIpc) is 2.96. The summed E-state index contributed by atoms with van der Waals surface area (Å²) in [5.41, 5.74) is 3.48. The van der Waals surface area contributed by atoms with Crippen LogP contribution in [0.4, 0.5) is 0 Å². The minimum Gasteiger partial charge on any atom is -0.396 e. The van der Waals surface area contributed by atoms with E-state index in [-0.39, 0.29) is 6.61 Å². The van der Waals surface area contributed by atoms with Crippen LogP contribution in [0.1, 0.15) is 50.8 Å². The van der Waals surface area contributed by atoms with Gasteiger partial charge in [0.2, 0.25) is 0 Å². The van der Waals surface area contributed by atoms with E-state index in [1.165, 1.54) is 5.56 Å². The zero-order valence-corrected chi connectivity index (χ0v) is 13.8. The highest BCUT2D eigenvalue weighted by Crippen LogP contribution is 2.20. The fraction of sp³-hybridized carbons (Fsp3) is 0.500. The van der Waals surface area contributed by atoms with Crippen molar-refractivity contribution in [2.24, 2.45) is 0 Å². The fourth-order valence-corrected chi connectivity index (χ4v) is 2.54. The molecule has 22 heavy (non-hydrogen) atoms. The predicted octanol–water partition coefficient (Wildman–Crippen LogP) is 3.25. The zero-order valence-electron chi connectivity index (χ0n) is 13.8. The summed E-state index contributed by atoms with van der Waals surface area (Å²) in [6.45, 7) is 7.58. The van der Waals surface area contributed by atoms with Gasteiger partial charge >= 0.3 is 0 Å². The molecule has 0 amide bonds. The van der Waals surface area contributed by atoms with Gasteiger partial charge in [-0.15, -0.1) is 0 Å². The molecule has 1 heterocycles. The molecule has 0 aliphatic heterocycles. The van der Waals surface area contributed by atoms with Crippen molar-refractivity contribution in [2.75, 3.05) is 6.61 Å². The van der Waals surface area contributed by atoms with Gasteiger partial charge in [-0.3, -0.25) is 0 Å². The standard InChI is InChI=1S/C18H27N3O/c1-14(2)18-16(12-19-15(3)8-7-11-22)13-21(20-18)17-9-5-4-6-10-17/h4-6,9-10,13-15,19,22H,7-8,11-12H2,1-3H3. The van der Waals surface area contributed by atoms with E-state index in [4.69, 9.17) is 10.2 Å². The molecule has 1 aromatic carbocycles. The summed E-state index contributed by atoms with van der Waals surface area (Å²) in [4.78, 5) is 0. The molecule has 2 rings (SSSR count). The van der Waals surface area contributed by atoms with E-state index in [2.05, 4.69) is 44.4 Å². The second kappa shape index (κ2) is 8.11.